The van der Waals surface area contributed by atoms with Crippen molar-refractivity contribution in [3.63, 3.8) is 0 Å². The molecule has 1 rings (SSSR count). The highest BCUT2D eigenvalue weighted by atomic mass is 16.3. The first kappa shape index (κ1) is 27.7. The Morgan fingerprint density at radius 3 is 1.39 bits per heavy atom. The summed E-state index contributed by atoms with van der Waals surface area (Å²) in [5, 5.41) is 9.73. The third kappa shape index (κ3) is 15.2. The second kappa shape index (κ2) is 20.6. The number of phenols is 1. The van der Waals surface area contributed by atoms with Gasteiger partial charge in [0.25, 0.3) is 0 Å². The van der Waals surface area contributed by atoms with E-state index in [0.717, 1.165) is 24.7 Å². The lowest BCUT2D eigenvalue weighted by Crippen LogP contribution is -1.94. The molecule has 0 spiro atoms. The zero-order valence-corrected chi connectivity index (χ0v) is 20.5. The molecule has 0 aliphatic heterocycles. The molecule has 0 aliphatic rings. The quantitative estimate of drug-likeness (QED) is 0.147. The number of unbranched alkanes of at least 4 members (excludes halogenated alkanes) is 19. The van der Waals surface area contributed by atoms with Crippen molar-refractivity contribution in [3.8, 4) is 5.75 Å². The summed E-state index contributed by atoms with van der Waals surface area (Å²) in [5.74, 6) is 0.112. The fraction of sp³-hybridized carbons (Fsp3) is 0.759. The van der Waals surface area contributed by atoms with Gasteiger partial charge in [0.1, 0.15) is 5.75 Å². The predicted molar refractivity (Wildman–Crippen MR) is 135 cm³/mol. The van der Waals surface area contributed by atoms with E-state index in [1.165, 1.54) is 122 Å². The molecule has 0 fully saturated rings. The second-order valence-electron chi connectivity index (χ2n) is 9.44. The van der Waals surface area contributed by atoms with Crippen LogP contribution in [0.4, 0.5) is 0 Å². The molecule has 31 heavy (non-hydrogen) atoms. The Kier molecular flexibility index (Phi) is 18.4. The van der Waals surface area contributed by atoms with Crippen LogP contribution >= 0.6 is 0 Å². The van der Waals surface area contributed by atoms with Gasteiger partial charge in [-0.05, 0) is 24.5 Å². The summed E-state index contributed by atoms with van der Waals surface area (Å²) in [5.41, 5.74) is 1.46. The number of aromatic hydroxyl groups is 1. The lowest BCUT2D eigenvalue weighted by atomic mass is 10.00. The summed E-state index contributed by atoms with van der Waals surface area (Å²) in [4.78, 5) is 11.1. The summed E-state index contributed by atoms with van der Waals surface area (Å²) >= 11 is 0. The van der Waals surface area contributed by atoms with Gasteiger partial charge in [-0.2, -0.15) is 0 Å². The Hall–Kier alpha value is -1.31. The number of aldehydes is 1. The third-order valence-corrected chi connectivity index (χ3v) is 6.59. The zero-order valence-electron chi connectivity index (χ0n) is 20.5. The van der Waals surface area contributed by atoms with Crippen LogP contribution < -0.4 is 0 Å². The smallest absolute Gasteiger partial charge is 0.154 e. The molecule has 0 aromatic heterocycles. The molecule has 1 aromatic rings. The van der Waals surface area contributed by atoms with Gasteiger partial charge in [0.15, 0.2) is 6.29 Å². The van der Waals surface area contributed by atoms with E-state index in [4.69, 9.17) is 0 Å². The van der Waals surface area contributed by atoms with Crippen molar-refractivity contribution in [1.82, 2.24) is 0 Å². The molecule has 0 unspecified atom stereocenters. The summed E-state index contributed by atoms with van der Waals surface area (Å²) in [6.45, 7) is 2.29. The first-order chi connectivity index (χ1) is 15.3. The standard InChI is InChI=1S/C29H50O2/c1-2-3-4-5-6-7-8-9-10-11-12-13-14-15-16-17-18-19-20-21-23-27-24-22-25-29(31)28(27)26-30/h22,24-26,31H,2-21,23H2,1H3. The van der Waals surface area contributed by atoms with Crippen LogP contribution in [0.1, 0.15) is 151 Å². The number of hydrogen-bond acceptors (Lipinski definition) is 2. The highest BCUT2D eigenvalue weighted by molar-refractivity contribution is 5.81. The fourth-order valence-corrected chi connectivity index (χ4v) is 4.52. The summed E-state index contributed by atoms with van der Waals surface area (Å²) in [7, 11) is 0. The van der Waals surface area contributed by atoms with Crippen molar-refractivity contribution in [1.29, 1.82) is 0 Å². The van der Waals surface area contributed by atoms with Crippen LogP contribution in [-0.4, -0.2) is 11.4 Å². The SMILES string of the molecule is CCCCCCCCCCCCCCCCCCCCCCc1cccc(O)c1C=O. The van der Waals surface area contributed by atoms with Gasteiger partial charge in [-0.3, -0.25) is 4.79 Å². The number of phenolic OH excluding ortho intramolecular Hbond substituents is 1. The molecule has 2 heteroatoms. The van der Waals surface area contributed by atoms with Gasteiger partial charge >= 0.3 is 0 Å². The largest absolute Gasteiger partial charge is 0.507 e. The van der Waals surface area contributed by atoms with Crippen LogP contribution in [0.5, 0.6) is 5.75 Å². The molecule has 1 aromatic carbocycles. The summed E-state index contributed by atoms with van der Waals surface area (Å²) < 4.78 is 0. The molecule has 2 nitrogen and oxygen atoms in total. The molecule has 0 radical (unpaired) electrons. The molecule has 0 heterocycles. The average Bonchev–Trinajstić information content (AvgIpc) is 2.78. The van der Waals surface area contributed by atoms with Crippen LogP contribution in [0.2, 0.25) is 0 Å². The maximum atomic E-state index is 11.1. The molecule has 0 atom stereocenters. The van der Waals surface area contributed by atoms with E-state index >= 15 is 0 Å². The third-order valence-electron chi connectivity index (χ3n) is 6.59. The van der Waals surface area contributed by atoms with E-state index in [0.29, 0.717) is 5.56 Å². The summed E-state index contributed by atoms with van der Waals surface area (Å²) in [6.07, 6.45) is 29.4. The number of carbonyl (C=O) groups excluding carboxylic acids is 1. The Morgan fingerprint density at radius 1 is 0.613 bits per heavy atom. The van der Waals surface area contributed by atoms with Crippen molar-refractivity contribution in [3.05, 3.63) is 29.3 Å². The number of carbonyl (C=O) groups is 1. The predicted octanol–water partition coefficient (Wildman–Crippen LogP) is 9.57. The first-order valence-electron chi connectivity index (χ1n) is 13.6. The Labute approximate surface area is 193 Å². The van der Waals surface area contributed by atoms with Crippen molar-refractivity contribution < 1.29 is 9.90 Å². The lowest BCUT2D eigenvalue weighted by molar-refractivity contribution is 0.112. The molecule has 0 bridgehead atoms. The van der Waals surface area contributed by atoms with Crippen LogP contribution in [0.3, 0.4) is 0 Å². The van der Waals surface area contributed by atoms with E-state index in [1.54, 1.807) is 6.07 Å². The van der Waals surface area contributed by atoms with Crippen LogP contribution in [0.15, 0.2) is 18.2 Å². The zero-order chi connectivity index (χ0) is 22.4. The highest BCUT2D eigenvalue weighted by Gasteiger charge is 2.06. The van der Waals surface area contributed by atoms with E-state index in [9.17, 15) is 9.90 Å². The average molecular weight is 431 g/mol. The minimum Gasteiger partial charge on any atom is -0.507 e. The van der Waals surface area contributed by atoms with E-state index < -0.39 is 0 Å². The van der Waals surface area contributed by atoms with Crippen LogP contribution in [-0.2, 0) is 6.42 Å². The maximum absolute atomic E-state index is 11.1. The first-order valence-corrected chi connectivity index (χ1v) is 13.6. The molecular weight excluding hydrogens is 380 g/mol. The molecule has 178 valence electrons. The van der Waals surface area contributed by atoms with E-state index in [1.807, 2.05) is 12.1 Å². The van der Waals surface area contributed by atoms with E-state index in [-0.39, 0.29) is 5.75 Å². The highest BCUT2D eigenvalue weighted by Crippen LogP contribution is 2.21. The number of aryl methyl sites for hydroxylation is 1. The molecule has 0 saturated heterocycles. The fourth-order valence-electron chi connectivity index (χ4n) is 4.52. The van der Waals surface area contributed by atoms with Gasteiger partial charge in [-0.25, -0.2) is 0 Å². The van der Waals surface area contributed by atoms with Crippen molar-refractivity contribution in [2.45, 2.75) is 142 Å². The molecule has 1 N–H and O–H groups in total. The van der Waals surface area contributed by atoms with Gasteiger partial charge in [0.05, 0.1) is 5.56 Å². The maximum Gasteiger partial charge on any atom is 0.154 e. The van der Waals surface area contributed by atoms with Gasteiger partial charge in [0, 0.05) is 0 Å². The molecule has 0 amide bonds. The topological polar surface area (TPSA) is 37.3 Å². The van der Waals surface area contributed by atoms with Crippen molar-refractivity contribution in [2.75, 3.05) is 0 Å². The summed E-state index contributed by atoms with van der Waals surface area (Å²) in [6, 6.07) is 5.37. The minimum absolute atomic E-state index is 0.112. The van der Waals surface area contributed by atoms with Gasteiger partial charge < -0.3 is 5.11 Å². The number of benzene rings is 1. The van der Waals surface area contributed by atoms with E-state index in [2.05, 4.69) is 6.92 Å². The van der Waals surface area contributed by atoms with Crippen molar-refractivity contribution >= 4 is 6.29 Å². The monoisotopic (exact) mass is 430 g/mol. The van der Waals surface area contributed by atoms with Gasteiger partial charge in [0.2, 0.25) is 0 Å². The van der Waals surface area contributed by atoms with Crippen LogP contribution in [0.25, 0.3) is 0 Å². The Morgan fingerprint density at radius 2 is 1.00 bits per heavy atom. The molecule has 0 saturated carbocycles. The Bertz CT molecular complexity index is 538. The second-order valence-corrected chi connectivity index (χ2v) is 9.44. The minimum atomic E-state index is 0.112. The normalized spacial score (nSPS) is 11.1. The Balaban J connectivity index is 1.78. The van der Waals surface area contributed by atoms with Crippen molar-refractivity contribution in [2.24, 2.45) is 0 Å². The van der Waals surface area contributed by atoms with Gasteiger partial charge in [-0.15, -0.1) is 0 Å². The lowest BCUT2D eigenvalue weighted by Gasteiger charge is -2.06. The molecular formula is C29H50O2. The molecule has 0 aliphatic carbocycles. The van der Waals surface area contributed by atoms with Gasteiger partial charge in [-0.1, -0.05) is 141 Å². The number of hydrogen-bond donors (Lipinski definition) is 1. The number of rotatable bonds is 22. The van der Waals surface area contributed by atoms with Crippen LogP contribution in [0, 0.1) is 0 Å².